The number of carbonyl (C=O) groups is 2. The second-order valence-electron chi connectivity index (χ2n) is 6.15. The zero-order valence-electron chi connectivity index (χ0n) is 15.9. The Morgan fingerprint density at radius 2 is 1.79 bits per heavy atom. The number of nitrogens with zero attached hydrogens (tertiary/aromatic N) is 1. The average Bonchev–Trinajstić information content (AvgIpc) is 2.72. The first-order valence-corrected chi connectivity index (χ1v) is 8.79. The number of ether oxygens (including phenoxy) is 2. The lowest BCUT2D eigenvalue weighted by molar-refractivity contribution is -0.132. The van der Waals surface area contributed by atoms with E-state index in [1.165, 1.54) is 20.1 Å². The van der Waals surface area contributed by atoms with Crippen molar-refractivity contribution in [3.8, 4) is 17.6 Å². The quantitative estimate of drug-likeness (QED) is 0.305. The first-order valence-electron chi connectivity index (χ1n) is 8.79. The Kier molecular flexibility index (Phi) is 5.91. The molecule has 0 aromatic heterocycles. The fourth-order valence-corrected chi connectivity index (χ4v) is 2.85. The highest BCUT2D eigenvalue weighted by molar-refractivity contribution is 6.12. The van der Waals surface area contributed by atoms with Gasteiger partial charge in [-0.25, -0.2) is 0 Å². The van der Waals surface area contributed by atoms with Crippen molar-refractivity contribution in [2.24, 2.45) is 0 Å². The SMILES string of the molecule is COc1cc(/C=C(\C#N)C(=O)Nc2cccc3ccccc23)ccc1OC(C)=O. The predicted molar refractivity (Wildman–Crippen MR) is 110 cm³/mol. The molecule has 0 saturated heterocycles. The van der Waals surface area contributed by atoms with Gasteiger partial charge in [-0.3, -0.25) is 9.59 Å². The number of nitrogens with one attached hydrogen (secondary N) is 1. The van der Waals surface area contributed by atoms with Crippen molar-refractivity contribution in [3.05, 3.63) is 71.8 Å². The van der Waals surface area contributed by atoms with Crippen LogP contribution in [0.5, 0.6) is 11.5 Å². The van der Waals surface area contributed by atoms with Gasteiger partial charge in [0.1, 0.15) is 11.6 Å². The summed E-state index contributed by atoms with van der Waals surface area (Å²) in [5, 5.41) is 14.1. The van der Waals surface area contributed by atoms with Gasteiger partial charge < -0.3 is 14.8 Å². The van der Waals surface area contributed by atoms with Crippen molar-refractivity contribution in [2.75, 3.05) is 12.4 Å². The molecule has 3 rings (SSSR count). The highest BCUT2D eigenvalue weighted by Gasteiger charge is 2.13. The summed E-state index contributed by atoms with van der Waals surface area (Å²) in [6, 6.07) is 19.9. The zero-order valence-corrected chi connectivity index (χ0v) is 15.9. The lowest BCUT2D eigenvalue weighted by atomic mass is 10.1. The summed E-state index contributed by atoms with van der Waals surface area (Å²) >= 11 is 0. The average molecular weight is 386 g/mol. The number of rotatable bonds is 5. The van der Waals surface area contributed by atoms with E-state index in [0.717, 1.165) is 10.8 Å². The fraction of sp³-hybridized carbons (Fsp3) is 0.0870. The largest absolute Gasteiger partial charge is 0.493 e. The first kappa shape index (κ1) is 19.6. The van der Waals surface area contributed by atoms with Crippen LogP contribution in [-0.2, 0) is 9.59 Å². The van der Waals surface area contributed by atoms with Crippen LogP contribution in [0.3, 0.4) is 0 Å². The van der Waals surface area contributed by atoms with Gasteiger partial charge in [0.15, 0.2) is 11.5 Å². The molecule has 0 unspecified atom stereocenters. The molecule has 0 heterocycles. The molecule has 6 nitrogen and oxygen atoms in total. The van der Waals surface area contributed by atoms with Crippen LogP contribution in [-0.4, -0.2) is 19.0 Å². The van der Waals surface area contributed by atoms with Crippen LogP contribution in [0.15, 0.2) is 66.2 Å². The highest BCUT2D eigenvalue weighted by Crippen LogP contribution is 2.29. The molecule has 0 radical (unpaired) electrons. The molecule has 0 bridgehead atoms. The van der Waals surface area contributed by atoms with Gasteiger partial charge in [0, 0.05) is 18.0 Å². The van der Waals surface area contributed by atoms with E-state index in [-0.39, 0.29) is 11.3 Å². The van der Waals surface area contributed by atoms with E-state index in [1.54, 1.807) is 24.3 Å². The summed E-state index contributed by atoms with van der Waals surface area (Å²) in [5.41, 5.74) is 1.11. The van der Waals surface area contributed by atoms with Gasteiger partial charge in [-0.1, -0.05) is 42.5 Å². The van der Waals surface area contributed by atoms with Gasteiger partial charge >= 0.3 is 5.97 Å². The van der Waals surface area contributed by atoms with Crippen molar-refractivity contribution in [3.63, 3.8) is 0 Å². The molecule has 1 N–H and O–H groups in total. The van der Waals surface area contributed by atoms with Crippen molar-refractivity contribution >= 4 is 34.4 Å². The Morgan fingerprint density at radius 3 is 2.52 bits per heavy atom. The molecule has 0 saturated carbocycles. The van der Waals surface area contributed by atoms with Crippen LogP contribution in [0, 0.1) is 11.3 Å². The Hall–Kier alpha value is -4.11. The molecule has 0 aliphatic carbocycles. The summed E-state index contributed by atoms with van der Waals surface area (Å²) < 4.78 is 10.3. The van der Waals surface area contributed by atoms with E-state index >= 15 is 0 Å². The lowest BCUT2D eigenvalue weighted by Gasteiger charge is -2.10. The van der Waals surface area contributed by atoms with Gasteiger partial charge in [-0.2, -0.15) is 5.26 Å². The normalized spacial score (nSPS) is 10.9. The maximum atomic E-state index is 12.7. The van der Waals surface area contributed by atoms with Gasteiger partial charge in [0.05, 0.1) is 7.11 Å². The lowest BCUT2D eigenvalue weighted by Crippen LogP contribution is -2.13. The second kappa shape index (κ2) is 8.72. The van der Waals surface area contributed by atoms with Crippen LogP contribution in [0.25, 0.3) is 16.8 Å². The number of fused-ring (bicyclic) bond motifs is 1. The molecule has 144 valence electrons. The van der Waals surface area contributed by atoms with Gasteiger partial charge in [-0.05, 0) is 35.2 Å². The summed E-state index contributed by atoms with van der Waals surface area (Å²) in [6.07, 6.45) is 1.44. The Bertz CT molecular complexity index is 1150. The third kappa shape index (κ3) is 4.60. The molecule has 0 fully saturated rings. The maximum Gasteiger partial charge on any atom is 0.308 e. The van der Waals surface area contributed by atoms with Crippen LogP contribution >= 0.6 is 0 Å². The van der Waals surface area contributed by atoms with Gasteiger partial charge in [0.2, 0.25) is 0 Å². The number of amides is 1. The molecule has 0 spiro atoms. The number of anilines is 1. The molecule has 1 amide bonds. The third-order valence-electron chi connectivity index (χ3n) is 4.16. The number of benzene rings is 3. The number of carbonyl (C=O) groups excluding carboxylic acids is 2. The second-order valence-corrected chi connectivity index (χ2v) is 6.15. The number of hydrogen-bond acceptors (Lipinski definition) is 5. The van der Waals surface area contributed by atoms with Crippen molar-refractivity contribution in [1.29, 1.82) is 5.26 Å². The molecule has 0 atom stereocenters. The Morgan fingerprint density at radius 1 is 1.03 bits per heavy atom. The minimum Gasteiger partial charge on any atom is -0.493 e. The minimum absolute atomic E-state index is 0.0692. The molecule has 29 heavy (non-hydrogen) atoms. The fourth-order valence-electron chi connectivity index (χ4n) is 2.85. The van der Waals surface area contributed by atoms with Crippen LogP contribution in [0.2, 0.25) is 0 Å². The molecule has 0 aliphatic rings. The standard InChI is InChI=1S/C23H18N2O4/c1-15(26)29-21-11-10-16(13-22(21)28-2)12-18(14-24)23(27)25-20-9-5-7-17-6-3-4-8-19(17)20/h3-13H,1-2H3,(H,25,27)/b18-12+. The van der Waals surface area contributed by atoms with Crippen LogP contribution in [0.1, 0.15) is 12.5 Å². The molecule has 3 aromatic rings. The summed E-state index contributed by atoms with van der Waals surface area (Å²) in [4.78, 5) is 23.8. The van der Waals surface area contributed by atoms with E-state index in [1.807, 2.05) is 42.5 Å². The third-order valence-corrected chi connectivity index (χ3v) is 4.16. The van der Waals surface area contributed by atoms with Crippen LogP contribution in [0.4, 0.5) is 5.69 Å². The maximum absolute atomic E-state index is 12.7. The zero-order chi connectivity index (χ0) is 20.8. The summed E-state index contributed by atoms with van der Waals surface area (Å²) in [7, 11) is 1.44. The van der Waals surface area contributed by atoms with E-state index in [0.29, 0.717) is 17.0 Å². The smallest absolute Gasteiger partial charge is 0.308 e. The highest BCUT2D eigenvalue weighted by atomic mass is 16.6. The minimum atomic E-state index is -0.521. The van der Waals surface area contributed by atoms with Crippen molar-refractivity contribution < 1.29 is 19.1 Å². The van der Waals surface area contributed by atoms with Crippen molar-refractivity contribution in [2.45, 2.75) is 6.92 Å². The van der Waals surface area contributed by atoms with Crippen LogP contribution < -0.4 is 14.8 Å². The molecular weight excluding hydrogens is 368 g/mol. The van der Waals surface area contributed by atoms with Gasteiger partial charge in [0.25, 0.3) is 5.91 Å². The van der Waals surface area contributed by atoms with E-state index < -0.39 is 11.9 Å². The number of esters is 1. The van der Waals surface area contributed by atoms with Gasteiger partial charge in [-0.15, -0.1) is 0 Å². The Balaban J connectivity index is 1.88. The van der Waals surface area contributed by atoms with E-state index in [2.05, 4.69) is 5.32 Å². The van der Waals surface area contributed by atoms with Crippen molar-refractivity contribution in [1.82, 2.24) is 0 Å². The summed E-state index contributed by atoms with van der Waals surface area (Å²) in [5.74, 6) is -0.415. The number of methoxy groups -OCH3 is 1. The van der Waals surface area contributed by atoms with E-state index in [9.17, 15) is 14.9 Å². The molecule has 6 heteroatoms. The number of hydrogen-bond donors (Lipinski definition) is 1. The molecular formula is C23H18N2O4. The molecule has 3 aromatic carbocycles. The number of nitriles is 1. The van der Waals surface area contributed by atoms with E-state index in [4.69, 9.17) is 9.47 Å². The molecule has 0 aliphatic heterocycles. The monoisotopic (exact) mass is 386 g/mol. The predicted octanol–water partition coefficient (Wildman–Crippen LogP) is 4.32. The Labute approximate surface area is 168 Å². The summed E-state index contributed by atoms with van der Waals surface area (Å²) in [6.45, 7) is 1.29. The first-order chi connectivity index (χ1) is 14.0. The topological polar surface area (TPSA) is 88.4 Å².